The van der Waals surface area contributed by atoms with Gasteiger partial charge < -0.3 is 10.6 Å². The number of rotatable bonds is 9. The standard InChI is InChI=1S/C28H25FN4O4S/c1-20-8-12-23(13-9-20)33(38(36,37)24-14-10-22(29)11-15-24)19-27(34)32-26-7-3-2-6-25(26)28(35)31-18-21-5-4-16-30-17-21/h2-17H,18-19H2,1H3,(H,31,35)(H,32,34). The first kappa shape index (κ1) is 26.5. The van der Waals surface area contributed by atoms with Crippen LogP contribution in [0.4, 0.5) is 15.8 Å². The minimum atomic E-state index is -4.22. The maximum absolute atomic E-state index is 13.5. The van der Waals surface area contributed by atoms with E-state index in [2.05, 4.69) is 15.6 Å². The largest absolute Gasteiger partial charge is 0.348 e. The number of nitrogens with zero attached hydrogens (tertiary/aromatic N) is 2. The molecule has 1 aromatic heterocycles. The average Bonchev–Trinajstić information content (AvgIpc) is 2.92. The summed E-state index contributed by atoms with van der Waals surface area (Å²) in [6.07, 6.45) is 3.27. The normalized spacial score (nSPS) is 11.0. The molecule has 0 aliphatic rings. The second-order valence-corrected chi connectivity index (χ2v) is 10.3. The third kappa shape index (κ3) is 6.40. The number of para-hydroxylation sites is 1. The van der Waals surface area contributed by atoms with E-state index in [1.165, 1.54) is 0 Å². The molecule has 0 saturated heterocycles. The molecule has 38 heavy (non-hydrogen) atoms. The van der Waals surface area contributed by atoms with Crippen LogP contribution in [0.3, 0.4) is 0 Å². The van der Waals surface area contributed by atoms with E-state index < -0.39 is 34.2 Å². The molecule has 0 bridgehead atoms. The van der Waals surface area contributed by atoms with Gasteiger partial charge in [-0.1, -0.05) is 35.9 Å². The molecule has 1 heterocycles. The van der Waals surface area contributed by atoms with Gasteiger partial charge in [0, 0.05) is 18.9 Å². The van der Waals surface area contributed by atoms with Gasteiger partial charge in [0.05, 0.1) is 21.8 Å². The number of benzene rings is 3. The number of hydrogen-bond donors (Lipinski definition) is 2. The van der Waals surface area contributed by atoms with Crippen molar-refractivity contribution >= 4 is 33.2 Å². The summed E-state index contributed by atoms with van der Waals surface area (Å²) < 4.78 is 41.3. The van der Waals surface area contributed by atoms with Gasteiger partial charge in [0.2, 0.25) is 5.91 Å². The third-order valence-electron chi connectivity index (χ3n) is 5.63. The van der Waals surface area contributed by atoms with E-state index >= 15 is 0 Å². The first-order chi connectivity index (χ1) is 18.2. The topological polar surface area (TPSA) is 108 Å². The molecule has 0 spiro atoms. The molecule has 2 N–H and O–H groups in total. The highest BCUT2D eigenvalue weighted by Gasteiger charge is 2.28. The number of amides is 2. The molecule has 4 aromatic rings. The van der Waals surface area contributed by atoms with E-state index in [1.54, 1.807) is 67.0 Å². The van der Waals surface area contributed by atoms with Crippen molar-refractivity contribution in [2.45, 2.75) is 18.4 Å². The number of nitrogens with one attached hydrogen (secondary N) is 2. The van der Waals surface area contributed by atoms with Gasteiger partial charge in [0.15, 0.2) is 0 Å². The molecule has 0 aliphatic carbocycles. The Bertz CT molecular complexity index is 1530. The van der Waals surface area contributed by atoms with E-state index in [0.717, 1.165) is 39.7 Å². The van der Waals surface area contributed by atoms with E-state index in [0.29, 0.717) is 0 Å². The summed E-state index contributed by atoms with van der Waals surface area (Å²) in [4.78, 5) is 29.8. The molecular weight excluding hydrogens is 507 g/mol. The molecule has 8 nitrogen and oxygen atoms in total. The first-order valence-corrected chi connectivity index (χ1v) is 13.1. The lowest BCUT2D eigenvalue weighted by atomic mass is 10.1. The van der Waals surface area contributed by atoms with Gasteiger partial charge in [-0.2, -0.15) is 0 Å². The quantitative estimate of drug-likeness (QED) is 0.334. The predicted molar refractivity (Wildman–Crippen MR) is 143 cm³/mol. The van der Waals surface area contributed by atoms with E-state index in [1.807, 2.05) is 13.0 Å². The number of carbonyl (C=O) groups excluding carboxylic acids is 2. The van der Waals surface area contributed by atoms with Crippen LogP contribution in [-0.4, -0.2) is 31.8 Å². The highest BCUT2D eigenvalue weighted by Crippen LogP contribution is 2.25. The zero-order valence-corrected chi connectivity index (χ0v) is 21.3. The fourth-order valence-electron chi connectivity index (χ4n) is 3.65. The number of sulfonamides is 1. The van der Waals surface area contributed by atoms with Gasteiger partial charge in [0.1, 0.15) is 12.4 Å². The first-order valence-electron chi connectivity index (χ1n) is 11.6. The highest BCUT2D eigenvalue weighted by atomic mass is 32.2. The fourth-order valence-corrected chi connectivity index (χ4v) is 5.07. The molecule has 0 radical (unpaired) electrons. The Morgan fingerprint density at radius 2 is 1.63 bits per heavy atom. The van der Waals surface area contributed by atoms with E-state index in [9.17, 15) is 22.4 Å². The van der Waals surface area contributed by atoms with E-state index in [4.69, 9.17) is 0 Å². The van der Waals surface area contributed by atoms with Crippen molar-refractivity contribution in [3.63, 3.8) is 0 Å². The van der Waals surface area contributed by atoms with Crippen LogP contribution in [0, 0.1) is 12.7 Å². The molecule has 0 unspecified atom stereocenters. The number of anilines is 2. The molecule has 2 amide bonds. The van der Waals surface area contributed by atoms with Crippen molar-refractivity contribution in [3.05, 3.63) is 120 Å². The summed E-state index contributed by atoms with van der Waals surface area (Å²) in [5, 5.41) is 5.44. The van der Waals surface area contributed by atoms with Gasteiger partial charge in [0.25, 0.3) is 15.9 Å². The number of hydrogen-bond acceptors (Lipinski definition) is 5. The van der Waals surface area contributed by atoms with Crippen molar-refractivity contribution in [1.29, 1.82) is 0 Å². The van der Waals surface area contributed by atoms with Crippen molar-refractivity contribution in [2.24, 2.45) is 0 Å². The molecule has 0 aliphatic heterocycles. The Morgan fingerprint density at radius 3 is 2.32 bits per heavy atom. The third-order valence-corrected chi connectivity index (χ3v) is 7.42. The number of aryl methyl sites for hydroxylation is 1. The molecule has 3 aromatic carbocycles. The smallest absolute Gasteiger partial charge is 0.264 e. The Labute approximate surface area is 220 Å². The Hall–Kier alpha value is -4.57. The van der Waals surface area contributed by atoms with Crippen LogP contribution in [0.5, 0.6) is 0 Å². The van der Waals surface area contributed by atoms with Gasteiger partial charge in [-0.15, -0.1) is 0 Å². The van der Waals surface area contributed by atoms with Crippen LogP contribution in [0.15, 0.2) is 102 Å². The number of pyridine rings is 1. The molecule has 194 valence electrons. The molecular formula is C28H25FN4O4S. The van der Waals surface area contributed by atoms with Crippen LogP contribution in [0.2, 0.25) is 0 Å². The minimum Gasteiger partial charge on any atom is -0.348 e. The Morgan fingerprint density at radius 1 is 0.921 bits per heavy atom. The van der Waals surface area contributed by atoms with Gasteiger partial charge in [-0.25, -0.2) is 12.8 Å². The lowest BCUT2D eigenvalue weighted by molar-refractivity contribution is -0.114. The molecule has 0 fully saturated rings. The van der Waals surface area contributed by atoms with Crippen LogP contribution >= 0.6 is 0 Å². The number of aromatic nitrogens is 1. The average molecular weight is 533 g/mol. The van der Waals surface area contributed by atoms with Crippen molar-refractivity contribution in [1.82, 2.24) is 10.3 Å². The highest BCUT2D eigenvalue weighted by molar-refractivity contribution is 7.92. The maximum atomic E-state index is 13.5. The number of carbonyl (C=O) groups is 2. The van der Waals surface area contributed by atoms with Crippen LogP contribution in [-0.2, 0) is 21.4 Å². The predicted octanol–water partition coefficient (Wildman–Crippen LogP) is 4.29. The summed E-state index contributed by atoms with van der Waals surface area (Å²) in [5.41, 5.74) is 2.42. The summed E-state index contributed by atoms with van der Waals surface area (Å²) in [5.74, 6) is -1.66. The Kier molecular flexibility index (Phi) is 8.12. The Balaban J connectivity index is 1.56. The minimum absolute atomic E-state index is 0.164. The van der Waals surface area contributed by atoms with Crippen molar-refractivity contribution < 1.29 is 22.4 Å². The molecule has 4 rings (SSSR count). The van der Waals surface area contributed by atoms with Crippen molar-refractivity contribution in [2.75, 3.05) is 16.2 Å². The van der Waals surface area contributed by atoms with Gasteiger partial charge >= 0.3 is 0 Å². The zero-order chi connectivity index (χ0) is 27.1. The SMILES string of the molecule is Cc1ccc(N(CC(=O)Nc2ccccc2C(=O)NCc2cccnc2)S(=O)(=O)c2ccc(F)cc2)cc1. The molecule has 0 atom stereocenters. The lowest BCUT2D eigenvalue weighted by Crippen LogP contribution is -2.38. The lowest BCUT2D eigenvalue weighted by Gasteiger charge is -2.24. The monoisotopic (exact) mass is 532 g/mol. The second kappa shape index (κ2) is 11.7. The van der Waals surface area contributed by atoms with Gasteiger partial charge in [-0.05, 0) is 67.1 Å². The van der Waals surface area contributed by atoms with Gasteiger partial charge in [-0.3, -0.25) is 18.9 Å². The second-order valence-electron chi connectivity index (χ2n) is 8.44. The molecule has 0 saturated carbocycles. The van der Waals surface area contributed by atoms with Crippen molar-refractivity contribution in [3.8, 4) is 0 Å². The van der Waals surface area contributed by atoms with Crippen LogP contribution < -0.4 is 14.9 Å². The van der Waals surface area contributed by atoms with Crippen LogP contribution in [0.25, 0.3) is 0 Å². The summed E-state index contributed by atoms with van der Waals surface area (Å²) in [7, 11) is -4.22. The summed E-state index contributed by atoms with van der Waals surface area (Å²) in [6.45, 7) is 1.52. The molecule has 10 heteroatoms. The summed E-state index contributed by atoms with van der Waals surface area (Å²) in [6, 6.07) is 21.0. The van der Waals surface area contributed by atoms with Crippen LogP contribution in [0.1, 0.15) is 21.5 Å². The zero-order valence-electron chi connectivity index (χ0n) is 20.5. The fraction of sp³-hybridized carbons (Fsp3) is 0.107. The van der Waals surface area contributed by atoms with E-state index in [-0.39, 0.29) is 28.4 Å². The summed E-state index contributed by atoms with van der Waals surface area (Å²) >= 11 is 0. The maximum Gasteiger partial charge on any atom is 0.264 e. The number of halogens is 1.